The molecule has 0 aromatic heterocycles. The van der Waals surface area contributed by atoms with Gasteiger partial charge >= 0.3 is 12.0 Å². The Kier molecular flexibility index (Phi) is 4.30. The number of fused-ring (bicyclic) bond motifs is 1. The van der Waals surface area contributed by atoms with Gasteiger partial charge in [0.2, 0.25) is 0 Å². The van der Waals surface area contributed by atoms with Crippen molar-refractivity contribution in [3.05, 3.63) is 46.7 Å². The molecule has 0 saturated heterocycles. The monoisotopic (exact) mass is 355 g/mol. The van der Waals surface area contributed by atoms with Gasteiger partial charge in [-0.3, -0.25) is 0 Å². The fourth-order valence-electron chi connectivity index (χ4n) is 3.68. The molecule has 2 heterocycles. The van der Waals surface area contributed by atoms with Gasteiger partial charge in [-0.05, 0) is 51.0 Å². The maximum atomic E-state index is 12.3. The number of nitrogens with zero attached hydrogens (tertiary/aromatic N) is 1. The second-order valence-electron chi connectivity index (χ2n) is 7.38. The van der Waals surface area contributed by atoms with Gasteiger partial charge in [0, 0.05) is 24.0 Å². The van der Waals surface area contributed by atoms with Crippen molar-refractivity contribution >= 4 is 23.3 Å². The Bertz CT molecular complexity index is 852. The Morgan fingerprint density at radius 1 is 1.27 bits per heavy atom. The van der Waals surface area contributed by atoms with Gasteiger partial charge < -0.3 is 20.3 Å². The van der Waals surface area contributed by atoms with E-state index in [1.54, 1.807) is 6.92 Å². The average Bonchev–Trinajstić information content (AvgIpc) is 2.58. The van der Waals surface area contributed by atoms with E-state index in [1.807, 2.05) is 18.2 Å². The summed E-state index contributed by atoms with van der Waals surface area (Å²) >= 11 is 0. The van der Waals surface area contributed by atoms with Crippen LogP contribution in [0.4, 0.5) is 10.5 Å². The van der Waals surface area contributed by atoms with Crippen LogP contribution in [0.3, 0.4) is 0 Å². The van der Waals surface area contributed by atoms with Crippen molar-refractivity contribution in [1.82, 2.24) is 10.6 Å². The number of urea groups is 1. The first kappa shape index (κ1) is 18.0. The molecule has 2 aliphatic rings. The number of methoxy groups -OCH3 is 1. The SMILES string of the molecule is COC(=O)C1=C(C)NC(=O)N[C@@H]1c1ccc2c(c1)C(C)=CC(C)(C)N2C. The summed E-state index contributed by atoms with van der Waals surface area (Å²) in [5.41, 5.74) is 5.09. The number of esters is 1. The Morgan fingerprint density at radius 2 is 1.96 bits per heavy atom. The van der Waals surface area contributed by atoms with Gasteiger partial charge in [-0.15, -0.1) is 0 Å². The number of likely N-dealkylation sites (N-methyl/N-ethyl adjacent to an activating group) is 1. The first-order chi connectivity index (χ1) is 12.2. The van der Waals surface area contributed by atoms with Crippen molar-refractivity contribution in [2.24, 2.45) is 0 Å². The van der Waals surface area contributed by atoms with E-state index in [0.717, 1.165) is 16.8 Å². The minimum absolute atomic E-state index is 0.0742. The molecule has 138 valence electrons. The number of rotatable bonds is 2. The standard InChI is InChI=1S/C20H25N3O3/c1-11-10-20(3,4)23(5)15-8-7-13(9-14(11)15)17-16(18(24)26-6)12(2)21-19(25)22-17/h7-10,17H,1-6H3,(H2,21,22,25)/t17-/m1/s1. The molecule has 0 bridgehead atoms. The topological polar surface area (TPSA) is 70.7 Å². The highest BCUT2D eigenvalue weighted by molar-refractivity contribution is 5.95. The quantitative estimate of drug-likeness (QED) is 0.800. The third-order valence-corrected chi connectivity index (χ3v) is 5.25. The number of amides is 2. The van der Waals surface area contributed by atoms with Gasteiger partial charge in [0.05, 0.1) is 24.3 Å². The fourth-order valence-corrected chi connectivity index (χ4v) is 3.68. The van der Waals surface area contributed by atoms with Gasteiger partial charge in [-0.2, -0.15) is 0 Å². The second kappa shape index (κ2) is 6.20. The molecular formula is C20H25N3O3. The summed E-state index contributed by atoms with van der Waals surface area (Å²) in [6.07, 6.45) is 2.22. The van der Waals surface area contributed by atoms with E-state index in [4.69, 9.17) is 4.74 Å². The van der Waals surface area contributed by atoms with E-state index >= 15 is 0 Å². The first-order valence-electron chi connectivity index (χ1n) is 8.60. The lowest BCUT2D eigenvalue weighted by molar-refractivity contribution is -0.136. The van der Waals surface area contributed by atoms with Crippen LogP contribution in [0.15, 0.2) is 35.5 Å². The van der Waals surface area contributed by atoms with Gasteiger partial charge in [0.15, 0.2) is 0 Å². The highest BCUT2D eigenvalue weighted by Gasteiger charge is 2.34. The largest absolute Gasteiger partial charge is 0.466 e. The van der Waals surface area contributed by atoms with Gasteiger partial charge in [0.1, 0.15) is 0 Å². The molecular weight excluding hydrogens is 330 g/mol. The second-order valence-corrected chi connectivity index (χ2v) is 7.38. The number of anilines is 1. The van der Waals surface area contributed by atoms with Crippen molar-refractivity contribution in [3.63, 3.8) is 0 Å². The van der Waals surface area contributed by atoms with Crippen molar-refractivity contribution < 1.29 is 14.3 Å². The third-order valence-electron chi connectivity index (χ3n) is 5.25. The van der Waals surface area contributed by atoms with Crippen LogP contribution in [0.2, 0.25) is 0 Å². The van der Waals surface area contributed by atoms with Crippen LogP contribution in [-0.4, -0.2) is 31.7 Å². The number of carbonyl (C=O) groups is 2. The zero-order valence-electron chi connectivity index (χ0n) is 16.1. The van der Waals surface area contributed by atoms with E-state index in [9.17, 15) is 9.59 Å². The molecule has 2 amide bonds. The lowest BCUT2D eigenvalue weighted by atomic mass is 9.86. The normalized spacial score (nSPS) is 21.5. The summed E-state index contributed by atoms with van der Waals surface area (Å²) in [5, 5.41) is 5.48. The number of hydrogen-bond acceptors (Lipinski definition) is 4. The zero-order chi connectivity index (χ0) is 19.2. The van der Waals surface area contributed by atoms with E-state index in [1.165, 1.54) is 12.7 Å². The van der Waals surface area contributed by atoms with E-state index in [2.05, 4.69) is 49.4 Å². The van der Waals surface area contributed by atoms with E-state index in [0.29, 0.717) is 11.3 Å². The molecule has 0 aliphatic carbocycles. The molecule has 6 nitrogen and oxygen atoms in total. The average molecular weight is 355 g/mol. The van der Waals surface area contributed by atoms with E-state index < -0.39 is 12.0 Å². The van der Waals surface area contributed by atoms with Crippen LogP contribution in [0.25, 0.3) is 5.57 Å². The van der Waals surface area contributed by atoms with E-state index in [-0.39, 0.29) is 11.6 Å². The summed E-state index contributed by atoms with van der Waals surface area (Å²) in [4.78, 5) is 26.5. The molecule has 0 unspecified atom stereocenters. The summed E-state index contributed by atoms with van der Waals surface area (Å²) < 4.78 is 4.92. The van der Waals surface area contributed by atoms with Crippen LogP contribution in [0.5, 0.6) is 0 Å². The Balaban J connectivity index is 2.11. The Hall–Kier alpha value is -2.76. The minimum Gasteiger partial charge on any atom is -0.466 e. The summed E-state index contributed by atoms with van der Waals surface area (Å²) in [6.45, 7) is 8.13. The Morgan fingerprint density at radius 3 is 2.62 bits per heavy atom. The molecule has 1 aromatic carbocycles. The lowest BCUT2D eigenvalue weighted by Gasteiger charge is -2.41. The van der Waals surface area contributed by atoms with Crippen molar-refractivity contribution in [1.29, 1.82) is 0 Å². The highest BCUT2D eigenvalue weighted by atomic mass is 16.5. The molecule has 0 saturated carbocycles. The maximum Gasteiger partial charge on any atom is 0.337 e. The van der Waals surface area contributed by atoms with Crippen LogP contribution >= 0.6 is 0 Å². The van der Waals surface area contributed by atoms with Crippen LogP contribution < -0.4 is 15.5 Å². The zero-order valence-corrected chi connectivity index (χ0v) is 16.1. The van der Waals surface area contributed by atoms with Crippen molar-refractivity contribution in [2.45, 2.75) is 39.3 Å². The number of carbonyl (C=O) groups excluding carboxylic acids is 2. The minimum atomic E-state index is -0.547. The van der Waals surface area contributed by atoms with Crippen LogP contribution in [0.1, 0.15) is 44.9 Å². The molecule has 1 aromatic rings. The smallest absolute Gasteiger partial charge is 0.337 e. The van der Waals surface area contributed by atoms with Gasteiger partial charge in [0.25, 0.3) is 0 Å². The molecule has 0 radical (unpaired) electrons. The fraction of sp³-hybridized carbons (Fsp3) is 0.400. The number of nitrogens with one attached hydrogen (secondary N) is 2. The molecule has 3 rings (SSSR count). The lowest BCUT2D eigenvalue weighted by Crippen LogP contribution is -2.45. The molecule has 2 aliphatic heterocycles. The first-order valence-corrected chi connectivity index (χ1v) is 8.60. The molecule has 0 fully saturated rings. The molecule has 1 atom stereocenters. The third kappa shape index (κ3) is 2.85. The molecule has 2 N–H and O–H groups in total. The van der Waals surface area contributed by atoms with Crippen molar-refractivity contribution in [3.8, 4) is 0 Å². The maximum absolute atomic E-state index is 12.3. The number of ether oxygens (including phenoxy) is 1. The highest BCUT2D eigenvalue weighted by Crippen LogP contribution is 2.40. The number of allylic oxidation sites excluding steroid dienone is 2. The number of hydrogen-bond donors (Lipinski definition) is 2. The van der Waals surface area contributed by atoms with Gasteiger partial charge in [-0.25, -0.2) is 9.59 Å². The summed E-state index contributed by atoms with van der Waals surface area (Å²) in [7, 11) is 3.41. The van der Waals surface area contributed by atoms with Crippen LogP contribution in [-0.2, 0) is 9.53 Å². The van der Waals surface area contributed by atoms with Crippen molar-refractivity contribution in [2.75, 3.05) is 19.1 Å². The molecule has 0 spiro atoms. The van der Waals surface area contributed by atoms with Crippen LogP contribution in [0, 0.1) is 0 Å². The molecule has 6 heteroatoms. The predicted octanol–water partition coefficient (Wildman–Crippen LogP) is 3.12. The predicted molar refractivity (Wildman–Crippen MR) is 102 cm³/mol. The Labute approximate surface area is 153 Å². The summed E-state index contributed by atoms with van der Waals surface area (Å²) in [6, 6.07) is 5.16. The molecule has 26 heavy (non-hydrogen) atoms. The van der Waals surface area contributed by atoms with Gasteiger partial charge in [-0.1, -0.05) is 12.1 Å². The number of benzene rings is 1. The summed E-state index contributed by atoms with van der Waals surface area (Å²) in [5.74, 6) is -0.455.